The van der Waals surface area contributed by atoms with E-state index >= 15 is 0 Å². The molecule has 0 radical (unpaired) electrons. The zero-order chi connectivity index (χ0) is 15.8. The molecule has 118 valence electrons. The number of carboxylic acid groups (broad SMARTS) is 1. The molecule has 0 saturated heterocycles. The average Bonchev–Trinajstić information content (AvgIpc) is 2.93. The van der Waals surface area contributed by atoms with Gasteiger partial charge < -0.3 is 15.7 Å². The molecule has 2 amide bonds. The lowest BCUT2D eigenvalue weighted by molar-refractivity contribution is -0.139. The molecule has 3 N–H and O–H groups in total. The number of aliphatic carboxylic acids is 1. The lowest BCUT2D eigenvalue weighted by Crippen LogP contribution is -2.47. The van der Waals surface area contributed by atoms with Crippen LogP contribution in [0, 0.1) is 5.92 Å². The number of hydrogen-bond acceptors (Lipinski definition) is 4. The minimum atomic E-state index is -1.00. The Bertz CT molecular complexity index is 449. The van der Waals surface area contributed by atoms with Crippen LogP contribution in [0.2, 0.25) is 0 Å². The summed E-state index contributed by atoms with van der Waals surface area (Å²) in [5.74, 6) is -0.0872. The van der Waals surface area contributed by atoms with E-state index in [0.29, 0.717) is 12.2 Å². The molecule has 0 aliphatic heterocycles. The van der Waals surface area contributed by atoms with Crippen molar-refractivity contribution in [3.05, 3.63) is 22.4 Å². The molecule has 0 bridgehead atoms. The highest BCUT2D eigenvalue weighted by Crippen LogP contribution is 2.25. The van der Waals surface area contributed by atoms with Gasteiger partial charge in [-0.25, -0.2) is 9.59 Å². The van der Waals surface area contributed by atoms with Gasteiger partial charge >= 0.3 is 12.0 Å². The first-order valence-electron chi connectivity index (χ1n) is 6.77. The third-order valence-electron chi connectivity index (χ3n) is 3.02. The van der Waals surface area contributed by atoms with Crippen molar-refractivity contribution in [2.24, 2.45) is 5.92 Å². The van der Waals surface area contributed by atoms with Gasteiger partial charge in [0.05, 0.1) is 6.04 Å². The van der Waals surface area contributed by atoms with E-state index < -0.39 is 18.0 Å². The second kappa shape index (κ2) is 8.94. The molecule has 0 fully saturated rings. The third kappa shape index (κ3) is 5.97. The van der Waals surface area contributed by atoms with Crippen LogP contribution in [-0.4, -0.2) is 35.2 Å². The minimum absolute atomic E-state index is 0.111. The number of amides is 2. The number of thioether (sulfide) groups is 1. The summed E-state index contributed by atoms with van der Waals surface area (Å²) in [7, 11) is 0. The summed E-state index contributed by atoms with van der Waals surface area (Å²) in [6, 6.07) is 2.51. The number of urea groups is 1. The quantitative estimate of drug-likeness (QED) is 0.685. The summed E-state index contributed by atoms with van der Waals surface area (Å²) < 4.78 is 0. The number of nitrogens with one attached hydrogen (secondary N) is 2. The molecule has 1 rings (SSSR count). The molecule has 1 unspecified atom stereocenters. The molecule has 0 spiro atoms. The van der Waals surface area contributed by atoms with Gasteiger partial charge in [-0.15, -0.1) is 11.3 Å². The monoisotopic (exact) mass is 330 g/mol. The van der Waals surface area contributed by atoms with Gasteiger partial charge in [-0.1, -0.05) is 19.9 Å². The molecule has 0 aliphatic carbocycles. The molecule has 0 aromatic carbocycles. The molecule has 7 heteroatoms. The van der Waals surface area contributed by atoms with Crippen LogP contribution in [0.5, 0.6) is 0 Å². The molecule has 21 heavy (non-hydrogen) atoms. The van der Waals surface area contributed by atoms with Gasteiger partial charge in [0, 0.05) is 4.88 Å². The Morgan fingerprint density at radius 2 is 2.10 bits per heavy atom. The zero-order valence-corrected chi connectivity index (χ0v) is 14.1. The maximum absolute atomic E-state index is 12.0. The first-order valence-corrected chi connectivity index (χ1v) is 9.05. The lowest BCUT2D eigenvalue weighted by atomic mass is 10.0. The molecule has 1 aromatic rings. The molecule has 0 saturated carbocycles. The third-order valence-corrected chi connectivity index (χ3v) is 4.62. The van der Waals surface area contributed by atoms with Crippen LogP contribution >= 0.6 is 23.1 Å². The number of carbonyl (C=O) groups is 2. The topological polar surface area (TPSA) is 78.4 Å². The van der Waals surface area contributed by atoms with E-state index in [1.807, 2.05) is 37.6 Å². The summed E-state index contributed by atoms with van der Waals surface area (Å²) in [6.45, 7) is 4.04. The predicted molar refractivity (Wildman–Crippen MR) is 88.0 cm³/mol. The van der Waals surface area contributed by atoms with Crippen molar-refractivity contribution in [2.75, 3.05) is 12.0 Å². The van der Waals surface area contributed by atoms with Crippen LogP contribution in [0.3, 0.4) is 0 Å². The highest BCUT2D eigenvalue weighted by molar-refractivity contribution is 7.98. The van der Waals surface area contributed by atoms with E-state index in [1.54, 1.807) is 23.1 Å². The van der Waals surface area contributed by atoms with Crippen molar-refractivity contribution in [3.8, 4) is 0 Å². The number of carboxylic acids is 1. The zero-order valence-electron chi connectivity index (χ0n) is 12.5. The van der Waals surface area contributed by atoms with E-state index in [-0.39, 0.29) is 12.0 Å². The van der Waals surface area contributed by atoms with Crippen molar-refractivity contribution >= 4 is 35.1 Å². The summed E-state index contributed by atoms with van der Waals surface area (Å²) in [6.07, 6.45) is 2.32. The van der Waals surface area contributed by atoms with Gasteiger partial charge in [-0.2, -0.15) is 11.8 Å². The standard InChI is InChI=1S/C14H22N2O3S2/c1-9(2)12(11-5-4-7-21-11)16-14(19)15-10(13(17)18)6-8-20-3/h4-5,7,9-10,12H,6,8H2,1-3H3,(H,17,18)(H2,15,16,19)/t10-,12?/m1/s1. The van der Waals surface area contributed by atoms with Crippen LogP contribution in [-0.2, 0) is 4.79 Å². The van der Waals surface area contributed by atoms with Crippen molar-refractivity contribution in [2.45, 2.75) is 32.4 Å². The molecule has 1 aromatic heterocycles. The second-order valence-corrected chi connectivity index (χ2v) is 6.99. The summed E-state index contributed by atoms with van der Waals surface area (Å²) >= 11 is 3.14. The highest BCUT2D eigenvalue weighted by Gasteiger charge is 2.23. The smallest absolute Gasteiger partial charge is 0.326 e. The Morgan fingerprint density at radius 1 is 1.38 bits per heavy atom. The first-order chi connectivity index (χ1) is 9.95. The van der Waals surface area contributed by atoms with Gasteiger partial charge in [-0.3, -0.25) is 0 Å². The Morgan fingerprint density at radius 3 is 2.57 bits per heavy atom. The summed E-state index contributed by atoms with van der Waals surface area (Å²) in [5, 5.41) is 16.5. The van der Waals surface area contributed by atoms with Crippen LogP contribution < -0.4 is 10.6 Å². The molecule has 2 atom stereocenters. The van der Waals surface area contributed by atoms with Crippen molar-refractivity contribution in [1.82, 2.24) is 10.6 Å². The molecule has 5 nitrogen and oxygen atoms in total. The largest absolute Gasteiger partial charge is 0.480 e. The number of hydrogen-bond donors (Lipinski definition) is 3. The molecular formula is C14H22N2O3S2. The number of rotatable bonds is 8. The van der Waals surface area contributed by atoms with E-state index in [2.05, 4.69) is 10.6 Å². The van der Waals surface area contributed by atoms with E-state index in [9.17, 15) is 9.59 Å². The normalized spacial score (nSPS) is 13.7. The molecule has 1 heterocycles. The van der Waals surface area contributed by atoms with Gasteiger partial charge in [0.1, 0.15) is 6.04 Å². The van der Waals surface area contributed by atoms with Gasteiger partial charge in [0.2, 0.25) is 0 Å². The van der Waals surface area contributed by atoms with Crippen molar-refractivity contribution in [3.63, 3.8) is 0 Å². The van der Waals surface area contributed by atoms with Gasteiger partial charge in [-0.05, 0) is 35.8 Å². The lowest BCUT2D eigenvalue weighted by Gasteiger charge is -2.23. The highest BCUT2D eigenvalue weighted by atomic mass is 32.2. The Balaban J connectivity index is 2.62. The van der Waals surface area contributed by atoms with E-state index in [4.69, 9.17) is 5.11 Å². The second-order valence-electron chi connectivity index (χ2n) is 5.03. The van der Waals surface area contributed by atoms with Crippen LogP contribution in [0.4, 0.5) is 4.79 Å². The molecule has 0 aliphatic rings. The number of thiophene rings is 1. The van der Waals surface area contributed by atoms with E-state index in [1.165, 1.54) is 0 Å². The summed E-state index contributed by atoms with van der Waals surface area (Å²) in [4.78, 5) is 24.2. The Kier molecular flexibility index (Phi) is 7.60. The summed E-state index contributed by atoms with van der Waals surface area (Å²) in [5.41, 5.74) is 0. The SMILES string of the molecule is CSCC[C@@H](NC(=O)NC(c1cccs1)C(C)C)C(=O)O. The van der Waals surface area contributed by atoms with E-state index in [0.717, 1.165) is 4.88 Å². The number of carbonyl (C=O) groups excluding carboxylic acids is 1. The van der Waals surface area contributed by atoms with Crippen molar-refractivity contribution in [1.29, 1.82) is 0 Å². The Hall–Kier alpha value is -1.21. The van der Waals surface area contributed by atoms with Crippen LogP contribution in [0.25, 0.3) is 0 Å². The predicted octanol–water partition coefficient (Wildman–Crippen LogP) is 2.95. The Labute approximate surface area is 133 Å². The fourth-order valence-corrected chi connectivity index (χ4v) is 3.29. The van der Waals surface area contributed by atoms with Crippen LogP contribution in [0.15, 0.2) is 17.5 Å². The fraction of sp³-hybridized carbons (Fsp3) is 0.571. The first kappa shape index (κ1) is 17.8. The molecular weight excluding hydrogens is 308 g/mol. The fourth-order valence-electron chi connectivity index (χ4n) is 1.87. The van der Waals surface area contributed by atoms with Gasteiger partial charge in [0.25, 0.3) is 0 Å². The van der Waals surface area contributed by atoms with Gasteiger partial charge in [0.15, 0.2) is 0 Å². The minimum Gasteiger partial charge on any atom is -0.480 e. The maximum atomic E-state index is 12.0. The maximum Gasteiger partial charge on any atom is 0.326 e. The van der Waals surface area contributed by atoms with Crippen LogP contribution in [0.1, 0.15) is 31.2 Å². The van der Waals surface area contributed by atoms with Crippen molar-refractivity contribution < 1.29 is 14.7 Å². The average molecular weight is 330 g/mol.